The van der Waals surface area contributed by atoms with Crippen molar-refractivity contribution in [3.8, 4) is 10.6 Å². The first-order valence-electron chi connectivity index (χ1n) is 11.9. The molecule has 2 aromatic rings. The number of piperidine rings is 1. The summed E-state index contributed by atoms with van der Waals surface area (Å²) in [5.74, 6) is 0.495. The Balaban J connectivity index is 1.43. The average molecular weight is 543 g/mol. The van der Waals surface area contributed by atoms with Gasteiger partial charge >= 0.3 is 6.18 Å². The number of halogens is 3. The summed E-state index contributed by atoms with van der Waals surface area (Å²) >= 11 is 0.963. The van der Waals surface area contributed by atoms with E-state index < -0.39 is 28.8 Å². The maximum absolute atomic E-state index is 13.6. The van der Waals surface area contributed by atoms with Crippen LogP contribution in [0.15, 0.2) is 28.5 Å². The number of nitrogens with zero attached hydrogens (tertiary/aromatic N) is 5. The quantitative estimate of drug-likeness (QED) is 0.514. The lowest BCUT2D eigenvalue weighted by molar-refractivity contribution is -0.137. The van der Waals surface area contributed by atoms with Gasteiger partial charge in [0.05, 0.1) is 10.6 Å². The number of rotatable bonds is 7. The highest BCUT2D eigenvalue weighted by Gasteiger charge is 2.36. The largest absolute Gasteiger partial charge is 0.420 e. The summed E-state index contributed by atoms with van der Waals surface area (Å²) in [5, 5.41) is 13.7. The Morgan fingerprint density at radius 1 is 1.25 bits per heavy atom. The zero-order valence-corrected chi connectivity index (χ0v) is 21.7. The van der Waals surface area contributed by atoms with Crippen LogP contribution in [0.4, 0.5) is 19.1 Å². The van der Waals surface area contributed by atoms with E-state index in [0.717, 1.165) is 36.8 Å². The molecule has 2 aromatic heterocycles. The second-order valence-corrected chi connectivity index (χ2v) is 11.4. The average Bonchev–Trinajstić information content (AvgIpc) is 3.23. The third kappa shape index (κ3) is 6.36. The van der Waals surface area contributed by atoms with Gasteiger partial charge in [-0.2, -0.15) is 13.2 Å². The Hall–Kier alpha value is -2.22. The molecule has 0 aliphatic carbocycles. The molecule has 0 aromatic carbocycles. The van der Waals surface area contributed by atoms with Gasteiger partial charge in [0, 0.05) is 37.7 Å². The summed E-state index contributed by atoms with van der Waals surface area (Å²) in [6, 6.07) is -0.0755. The number of anilines is 1. The molecule has 4 rings (SSSR count). The zero-order valence-electron chi connectivity index (χ0n) is 20.0. The Morgan fingerprint density at radius 3 is 2.64 bits per heavy atom. The van der Waals surface area contributed by atoms with Crippen molar-refractivity contribution in [2.24, 2.45) is 10.9 Å². The third-order valence-corrected chi connectivity index (χ3v) is 8.84. The summed E-state index contributed by atoms with van der Waals surface area (Å²) in [4.78, 5) is 16.8. The van der Waals surface area contributed by atoms with Crippen LogP contribution in [0.2, 0.25) is 0 Å². The first-order chi connectivity index (χ1) is 17.2. The van der Waals surface area contributed by atoms with Crippen molar-refractivity contribution in [3.05, 3.63) is 34.1 Å². The van der Waals surface area contributed by atoms with Crippen LogP contribution in [-0.4, -0.2) is 53.9 Å². The second kappa shape index (κ2) is 11.4. The minimum atomic E-state index is -4.63. The van der Waals surface area contributed by atoms with E-state index in [2.05, 4.69) is 32.2 Å². The predicted octanol–water partition coefficient (Wildman–Crippen LogP) is 4.94. The number of hydrogen-bond acceptors (Lipinski definition) is 8. The smallest absolute Gasteiger partial charge is 0.386 e. The van der Waals surface area contributed by atoms with Gasteiger partial charge in [0.1, 0.15) is 32.7 Å². The van der Waals surface area contributed by atoms with Gasteiger partial charge in [-0.15, -0.1) is 11.3 Å². The highest BCUT2D eigenvalue weighted by Crippen LogP contribution is 2.38. The standard InChI is InChI=1S/C23H29F3N6O2S2/c1-3-15-5-4-6-19(27-11-15)36(34)32-9-7-16(8-10-32)30-22-29-12-17(23(24,25)26)20(31-22)18-13-28-21(35-18)14(2)33/h6,11-16,33H,3-5,7-10H2,1-2H3,(H,29,30,31). The number of aliphatic hydroxyl groups is 1. The van der Waals surface area contributed by atoms with E-state index in [1.807, 2.05) is 16.6 Å². The van der Waals surface area contributed by atoms with Crippen LogP contribution in [0.25, 0.3) is 10.6 Å². The van der Waals surface area contributed by atoms with Crippen LogP contribution in [0.3, 0.4) is 0 Å². The van der Waals surface area contributed by atoms with Crippen molar-refractivity contribution in [2.75, 3.05) is 18.4 Å². The Kier molecular flexibility index (Phi) is 8.53. The maximum Gasteiger partial charge on any atom is 0.420 e. The van der Waals surface area contributed by atoms with Crippen LogP contribution >= 0.6 is 11.3 Å². The minimum absolute atomic E-state index is 0.0755. The van der Waals surface area contributed by atoms with Crippen molar-refractivity contribution in [2.45, 2.75) is 64.3 Å². The Bertz CT molecular complexity index is 1140. The van der Waals surface area contributed by atoms with Crippen molar-refractivity contribution in [1.29, 1.82) is 0 Å². The fraction of sp³-hybridized carbons (Fsp3) is 0.565. The van der Waals surface area contributed by atoms with Crippen molar-refractivity contribution >= 4 is 34.5 Å². The van der Waals surface area contributed by atoms with E-state index in [9.17, 15) is 22.5 Å². The summed E-state index contributed by atoms with van der Waals surface area (Å²) in [6.07, 6.45) is 4.52. The molecule has 4 heterocycles. The lowest BCUT2D eigenvalue weighted by Crippen LogP contribution is -2.40. The van der Waals surface area contributed by atoms with E-state index in [0.29, 0.717) is 41.9 Å². The van der Waals surface area contributed by atoms with E-state index in [4.69, 9.17) is 0 Å². The third-order valence-electron chi connectivity index (χ3n) is 6.20. The molecule has 0 radical (unpaired) electrons. The number of aromatic nitrogens is 3. The van der Waals surface area contributed by atoms with Crippen molar-refractivity contribution in [3.63, 3.8) is 0 Å². The van der Waals surface area contributed by atoms with Gasteiger partial charge in [-0.3, -0.25) is 4.99 Å². The highest BCUT2D eigenvalue weighted by molar-refractivity contribution is 7.86. The summed E-state index contributed by atoms with van der Waals surface area (Å²) < 4.78 is 55.7. The number of thiazole rings is 1. The topological polar surface area (TPSA) is 104 Å². The molecule has 2 aliphatic rings. The molecule has 0 amide bonds. The summed E-state index contributed by atoms with van der Waals surface area (Å²) in [5.41, 5.74) is -1.23. The van der Waals surface area contributed by atoms with Gasteiger partial charge in [-0.05, 0) is 51.0 Å². The maximum atomic E-state index is 13.6. The normalized spacial score (nSPS) is 21.6. The van der Waals surface area contributed by atoms with Gasteiger partial charge in [0.25, 0.3) is 0 Å². The number of hydrogen-bond donors (Lipinski definition) is 2. The lowest BCUT2D eigenvalue weighted by Gasteiger charge is -2.31. The summed E-state index contributed by atoms with van der Waals surface area (Å²) in [7, 11) is -1.34. The van der Waals surface area contributed by atoms with Crippen LogP contribution < -0.4 is 5.32 Å². The second-order valence-electron chi connectivity index (χ2n) is 8.86. The summed E-state index contributed by atoms with van der Waals surface area (Å²) in [6.45, 7) is 4.72. The molecule has 36 heavy (non-hydrogen) atoms. The van der Waals surface area contributed by atoms with Crippen molar-refractivity contribution < 1.29 is 22.5 Å². The van der Waals surface area contributed by atoms with E-state index in [1.165, 1.54) is 13.1 Å². The molecule has 196 valence electrons. The Labute approximate surface area is 214 Å². The van der Waals surface area contributed by atoms with Gasteiger partial charge in [0.15, 0.2) is 0 Å². The van der Waals surface area contributed by atoms with Crippen molar-refractivity contribution in [1.82, 2.24) is 19.3 Å². The number of nitrogens with one attached hydrogen (secondary N) is 1. The predicted molar refractivity (Wildman–Crippen MR) is 135 cm³/mol. The van der Waals surface area contributed by atoms with E-state index in [1.54, 1.807) is 0 Å². The highest BCUT2D eigenvalue weighted by atomic mass is 32.2. The fourth-order valence-electron chi connectivity index (χ4n) is 4.07. The molecule has 8 nitrogen and oxygen atoms in total. The monoisotopic (exact) mass is 542 g/mol. The van der Waals surface area contributed by atoms with Gasteiger partial charge in [-0.25, -0.2) is 23.5 Å². The number of aliphatic hydroxyl groups excluding tert-OH is 1. The van der Waals surface area contributed by atoms with E-state index in [-0.39, 0.29) is 22.6 Å². The zero-order chi connectivity index (χ0) is 25.9. The molecule has 0 bridgehead atoms. The molecule has 13 heteroatoms. The molecular formula is C23H29F3N6O2S2. The molecule has 3 unspecified atom stereocenters. The number of allylic oxidation sites excluding steroid dienone is 1. The lowest BCUT2D eigenvalue weighted by atomic mass is 10.0. The van der Waals surface area contributed by atoms with Crippen LogP contribution in [0, 0.1) is 5.92 Å². The minimum Gasteiger partial charge on any atom is -0.386 e. The number of aliphatic imine (C=N–C) groups is 1. The molecule has 2 aliphatic heterocycles. The molecule has 2 N–H and O–H groups in total. The van der Waals surface area contributed by atoms with Crippen LogP contribution in [-0.2, 0) is 17.2 Å². The molecule has 1 fully saturated rings. The number of alkyl halides is 3. The molecule has 1 saturated heterocycles. The molecular weight excluding hydrogens is 513 g/mol. The van der Waals surface area contributed by atoms with Crippen LogP contribution in [0.5, 0.6) is 0 Å². The molecule has 0 saturated carbocycles. The Morgan fingerprint density at radius 2 is 2.00 bits per heavy atom. The molecule has 0 spiro atoms. The first kappa shape index (κ1) is 26.8. The van der Waals surface area contributed by atoms with Crippen LogP contribution in [0.1, 0.15) is 62.6 Å². The van der Waals surface area contributed by atoms with Gasteiger partial charge in [0.2, 0.25) is 5.95 Å². The fourth-order valence-corrected chi connectivity index (χ4v) is 6.15. The van der Waals surface area contributed by atoms with Gasteiger partial charge in [-0.1, -0.05) is 6.92 Å². The van der Waals surface area contributed by atoms with E-state index >= 15 is 0 Å². The first-order valence-corrected chi connectivity index (χ1v) is 13.8. The van der Waals surface area contributed by atoms with Gasteiger partial charge < -0.3 is 10.4 Å². The molecule has 3 atom stereocenters. The SMILES string of the molecule is CCC1C=NC(S(=O)N2CCC(Nc3ncc(C(F)(F)F)c(-c4cnc(C(C)O)s4)n3)CC2)=CCC1.